The molecular formula is C16H24N4O. The monoisotopic (exact) mass is 288 g/mol. The van der Waals surface area contributed by atoms with E-state index in [1.165, 1.54) is 19.3 Å². The third kappa shape index (κ3) is 3.18. The van der Waals surface area contributed by atoms with Crippen LogP contribution in [0.1, 0.15) is 44.9 Å². The number of nitrogens with one attached hydrogen (secondary N) is 1. The van der Waals surface area contributed by atoms with Crippen LogP contribution in [0.25, 0.3) is 0 Å². The lowest BCUT2D eigenvalue weighted by atomic mass is 9.82. The molecule has 0 bridgehead atoms. The predicted octanol–water partition coefficient (Wildman–Crippen LogP) is 2.28. The number of nitrogens with zero attached hydrogens (tertiary/aromatic N) is 2. The lowest BCUT2D eigenvalue weighted by molar-refractivity contribution is -0.122. The first-order valence-corrected chi connectivity index (χ1v) is 7.99. The van der Waals surface area contributed by atoms with Gasteiger partial charge in [0.2, 0.25) is 5.91 Å². The topological polar surface area (TPSA) is 71.2 Å². The van der Waals surface area contributed by atoms with Crippen molar-refractivity contribution in [2.75, 3.05) is 23.3 Å². The van der Waals surface area contributed by atoms with Crippen molar-refractivity contribution >= 4 is 17.4 Å². The zero-order valence-corrected chi connectivity index (χ0v) is 12.5. The predicted molar refractivity (Wildman–Crippen MR) is 84.3 cm³/mol. The number of hydrogen-bond acceptors (Lipinski definition) is 4. The van der Waals surface area contributed by atoms with Crippen molar-refractivity contribution < 1.29 is 4.79 Å². The fraction of sp³-hybridized carbons (Fsp3) is 0.625. The maximum atomic E-state index is 12.4. The van der Waals surface area contributed by atoms with E-state index in [0.29, 0.717) is 0 Å². The molecule has 1 amide bonds. The van der Waals surface area contributed by atoms with Crippen LogP contribution in [0.3, 0.4) is 0 Å². The summed E-state index contributed by atoms with van der Waals surface area (Å²) >= 11 is 0. The lowest BCUT2D eigenvalue weighted by Crippen LogP contribution is -2.52. The molecular weight excluding hydrogens is 264 g/mol. The van der Waals surface area contributed by atoms with Gasteiger partial charge < -0.3 is 16.0 Å². The number of hydrogen-bond donors (Lipinski definition) is 2. The number of anilines is 2. The molecule has 1 saturated heterocycles. The van der Waals surface area contributed by atoms with Crippen molar-refractivity contribution in [3.63, 3.8) is 0 Å². The van der Waals surface area contributed by atoms with E-state index in [1.807, 2.05) is 12.1 Å². The largest absolute Gasteiger partial charge is 0.357 e. The minimum absolute atomic E-state index is 0.0714. The highest BCUT2D eigenvalue weighted by Gasteiger charge is 2.35. The molecule has 2 fully saturated rings. The molecule has 0 spiro atoms. The van der Waals surface area contributed by atoms with E-state index >= 15 is 0 Å². The molecule has 0 radical (unpaired) electrons. The summed E-state index contributed by atoms with van der Waals surface area (Å²) in [5, 5.41) is 2.92. The normalized spacial score (nSPS) is 21.3. The molecule has 3 rings (SSSR count). The molecule has 2 heterocycles. The lowest BCUT2D eigenvalue weighted by Gasteiger charge is -2.31. The number of carbonyl (C=O) groups excluding carboxylic acids is 1. The third-order valence-electron chi connectivity index (χ3n) is 4.63. The van der Waals surface area contributed by atoms with E-state index < -0.39 is 5.54 Å². The molecule has 2 aliphatic rings. The number of amides is 1. The number of nitrogens with two attached hydrogens (primary N) is 1. The smallest absolute Gasteiger partial charge is 0.244 e. The summed E-state index contributed by atoms with van der Waals surface area (Å²) in [6, 6.07) is 3.90. The van der Waals surface area contributed by atoms with E-state index in [-0.39, 0.29) is 5.91 Å². The first kappa shape index (κ1) is 14.3. The molecule has 5 heteroatoms. The van der Waals surface area contributed by atoms with Crippen LogP contribution in [0.4, 0.5) is 11.5 Å². The van der Waals surface area contributed by atoms with Crippen molar-refractivity contribution in [1.82, 2.24) is 4.98 Å². The summed E-state index contributed by atoms with van der Waals surface area (Å²) in [7, 11) is 0. The van der Waals surface area contributed by atoms with Crippen LogP contribution in [0.5, 0.6) is 0 Å². The number of rotatable bonds is 3. The van der Waals surface area contributed by atoms with Gasteiger partial charge in [-0.3, -0.25) is 4.79 Å². The van der Waals surface area contributed by atoms with Gasteiger partial charge in [0, 0.05) is 13.1 Å². The molecule has 5 nitrogen and oxygen atoms in total. The summed E-state index contributed by atoms with van der Waals surface area (Å²) in [5.41, 5.74) is 6.27. The molecule has 21 heavy (non-hydrogen) atoms. The first-order chi connectivity index (χ1) is 10.2. The average molecular weight is 288 g/mol. The fourth-order valence-electron chi connectivity index (χ4n) is 3.26. The summed E-state index contributed by atoms with van der Waals surface area (Å²) in [6.07, 6.45) is 9.00. The van der Waals surface area contributed by atoms with Gasteiger partial charge in [-0.2, -0.15) is 0 Å². The Bertz CT molecular complexity index is 488. The molecule has 0 atom stereocenters. The number of aromatic nitrogens is 1. The standard InChI is InChI=1S/C16H24N4O/c17-16(8-2-1-3-9-16)15(21)19-13-6-7-14(18-12-13)20-10-4-5-11-20/h6-7,12H,1-5,8-11,17H2,(H,19,21). The minimum atomic E-state index is -0.703. The molecule has 0 aromatic carbocycles. The Morgan fingerprint density at radius 1 is 1.14 bits per heavy atom. The second kappa shape index (κ2) is 6.02. The molecule has 0 unspecified atom stereocenters. The molecule has 3 N–H and O–H groups in total. The van der Waals surface area contributed by atoms with Crippen LogP contribution in [-0.4, -0.2) is 29.5 Å². The van der Waals surface area contributed by atoms with Crippen molar-refractivity contribution in [2.45, 2.75) is 50.5 Å². The SMILES string of the molecule is NC1(C(=O)Nc2ccc(N3CCCC3)nc2)CCCCC1. The van der Waals surface area contributed by atoms with E-state index in [1.54, 1.807) is 6.20 Å². The van der Waals surface area contributed by atoms with Gasteiger partial charge in [-0.1, -0.05) is 19.3 Å². The highest BCUT2D eigenvalue weighted by atomic mass is 16.2. The molecule has 1 saturated carbocycles. The Kier molecular flexibility index (Phi) is 4.10. The summed E-state index contributed by atoms with van der Waals surface area (Å²) < 4.78 is 0. The van der Waals surface area contributed by atoms with Gasteiger partial charge in [0.25, 0.3) is 0 Å². The maximum Gasteiger partial charge on any atom is 0.244 e. The number of carbonyl (C=O) groups is 1. The molecule has 1 aromatic heterocycles. The van der Waals surface area contributed by atoms with Crippen LogP contribution in [0, 0.1) is 0 Å². The Morgan fingerprint density at radius 2 is 1.86 bits per heavy atom. The van der Waals surface area contributed by atoms with E-state index in [0.717, 1.165) is 50.3 Å². The molecule has 114 valence electrons. The van der Waals surface area contributed by atoms with Gasteiger partial charge in [-0.25, -0.2) is 4.98 Å². The highest BCUT2D eigenvalue weighted by molar-refractivity contribution is 5.97. The van der Waals surface area contributed by atoms with Crippen LogP contribution in [0.15, 0.2) is 18.3 Å². The van der Waals surface area contributed by atoms with Crippen LogP contribution >= 0.6 is 0 Å². The Labute approximate surface area is 125 Å². The van der Waals surface area contributed by atoms with Crippen molar-refractivity contribution in [3.8, 4) is 0 Å². The molecule has 1 aromatic rings. The summed E-state index contributed by atoms with van der Waals surface area (Å²) in [6.45, 7) is 2.15. The van der Waals surface area contributed by atoms with Crippen molar-refractivity contribution in [3.05, 3.63) is 18.3 Å². The number of pyridine rings is 1. The van der Waals surface area contributed by atoms with Gasteiger partial charge in [-0.05, 0) is 37.8 Å². The third-order valence-corrected chi connectivity index (χ3v) is 4.63. The van der Waals surface area contributed by atoms with Crippen molar-refractivity contribution in [1.29, 1.82) is 0 Å². The fourth-order valence-corrected chi connectivity index (χ4v) is 3.26. The van der Waals surface area contributed by atoms with E-state index in [4.69, 9.17) is 5.73 Å². The second-order valence-electron chi connectivity index (χ2n) is 6.27. The molecule has 1 aliphatic heterocycles. The van der Waals surface area contributed by atoms with Crippen LogP contribution < -0.4 is 16.0 Å². The van der Waals surface area contributed by atoms with Gasteiger partial charge in [0.1, 0.15) is 5.82 Å². The first-order valence-electron chi connectivity index (χ1n) is 7.99. The summed E-state index contributed by atoms with van der Waals surface area (Å²) in [5.74, 6) is 0.920. The van der Waals surface area contributed by atoms with E-state index in [9.17, 15) is 4.79 Å². The Hall–Kier alpha value is -1.62. The maximum absolute atomic E-state index is 12.4. The van der Waals surface area contributed by atoms with Gasteiger partial charge in [-0.15, -0.1) is 0 Å². The Morgan fingerprint density at radius 3 is 2.48 bits per heavy atom. The van der Waals surface area contributed by atoms with Crippen molar-refractivity contribution in [2.24, 2.45) is 5.73 Å². The highest BCUT2D eigenvalue weighted by Crippen LogP contribution is 2.27. The minimum Gasteiger partial charge on any atom is -0.357 e. The van der Waals surface area contributed by atoms with Gasteiger partial charge in [0.05, 0.1) is 17.4 Å². The van der Waals surface area contributed by atoms with Gasteiger partial charge in [0.15, 0.2) is 0 Å². The molecule has 1 aliphatic carbocycles. The second-order valence-corrected chi connectivity index (χ2v) is 6.27. The average Bonchev–Trinajstić information content (AvgIpc) is 3.03. The quantitative estimate of drug-likeness (QED) is 0.895. The van der Waals surface area contributed by atoms with Crippen LogP contribution in [-0.2, 0) is 4.79 Å². The Balaban J connectivity index is 1.63. The van der Waals surface area contributed by atoms with E-state index in [2.05, 4.69) is 15.2 Å². The summed E-state index contributed by atoms with van der Waals surface area (Å²) in [4.78, 5) is 19.1. The van der Waals surface area contributed by atoms with Crippen LogP contribution in [0.2, 0.25) is 0 Å². The zero-order chi connectivity index (χ0) is 14.7. The van der Waals surface area contributed by atoms with Gasteiger partial charge >= 0.3 is 0 Å². The zero-order valence-electron chi connectivity index (χ0n) is 12.5.